The second-order valence-electron chi connectivity index (χ2n) is 6.33. The monoisotopic (exact) mass is 292 g/mol. The van der Waals surface area contributed by atoms with E-state index in [-0.39, 0.29) is 23.3 Å². The number of piperidine rings is 1. The summed E-state index contributed by atoms with van der Waals surface area (Å²) in [4.78, 5) is 13.8. The lowest BCUT2D eigenvalue weighted by molar-refractivity contribution is -0.143. The van der Waals surface area contributed by atoms with Crippen LogP contribution in [-0.2, 0) is 4.79 Å². The van der Waals surface area contributed by atoms with Crippen LogP contribution in [0, 0.1) is 12.7 Å². The molecule has 1 heterocycles. The highest BCUT2D eigenvalue weighted by atomic mass is 19.1. The first-order chi connectivity index (χ1) is 9.90. The number of carbonyl (C=O) groups is 1. The van der Waals surface area contributed by atoms with Gasteiger partial charge in [-0.15, -0.1) is 0 Å². The summed E-state index contributed by atoms with van der Waals surface area (Å²) in [6.07, 6.45) is 2.75. The molecule has 0 unspecified atom stereocenters. The fraction of sp³-hybridized carbons (Fsp3) is 0.562. The van der Waals surface area contributed by atoms with Crippen molar-refractivity contribution in [1.29, 1.82) is 0 Å². The van der Waals surface area contributed by atoms with Crippen molar-refractivity contribution in [3.8, 4) is 0 Å². The molecule has 3 rings (SSSR count). The molecule has 0 atom stereocenters. The summed E-state index contributed by atoms with van der Waals surface area (Å²) >= 11 is 0. The number of anilines is 1. The highest BCUT2D eigenvalue weighted by molar-refractivity contribution is 5.87. The second-order valence-corrected chi connectivity index (χ2v) is 6.33. The molecule has 3 N–H and O–H groups in total. The van der Waals surface area contributed by atoms with Gasteiger partial charge in [0.2, 0.25) is 0 Å². The minimum absolute atomic E-state index is 0.138. The third-order valence-corrected chi connectivity index (χ3v) is 4.73. The number of hydrogen-bond acceptors (Lipinski definition) is 3. The molecule has 2 aliphatic rings. The van der Waals surface area contributed by atoms with Crippen LogP contribution in [0.2, 0.25) is 0 Å². The molecular formula is C16H21FN2O2. The molecular weight excluding hydrogens is 271 g/mol. The standard InChI is InChI=1S/C16H21FN2O2/c1-10-8-14(18)13(17)9-12(10)11-2-6-19(7-3-11)15(20)16(21)4-5-16/h8-9,11,21H,2-7,18H2,1H3. The summed E-state index contributed by atoms with van der Waals surface area (Å²) in [7, 11) is 0. The van der Waals surface area contributed by atoms with Gasteiger partial charge in [0.05, 0.1) is 5.69 Å². The van der Waals surface area contributed by atoms with Crippen molar-refractivity contribution in [3.63, 3.8) is 0 Å². The van der Waals surface area contributed by atoms with Gasteiger partial charge in [0.15, 0.2) is 0 Å². The van der Waals surface area contributed by atoms with E-state index in [0.29, 0.717) is 25.9 Å². The largest absolute Gasteiger partial charge is 0.396 e. The Balaban J connectivity index is 1.68. The quantitative estimate of drug-likeness (QED) is 0.819. The van der Waals surface area contributed by atoms with E-state index in [9.17, 15) is 14.3 Å². The average Bonchev–Trinajstić information content (AvgIpc) is 3.21. The zero-order valence-corrected chi connectivity index (χ0v) is 12.2. The fourth-order valence-corrected chi connectivity index (χ4v) is 3.18. The van der Waals surface area contributed by atoms with E-state index in [4.69, 9.17) is 5.73 Å². The zero-order chi connectivity index (χ0) is 15.2. The molecule has 1 aliphatic carbocycles. The average molecular weight is 292 g/mol. The number of benzene rings is 1. The molecule has 1 aromatic carbocycles. The number of carbonyl (C=O) groups excluding carboxylic acids is 1. The van der Waals surface area contributed by atoms with E-state index >= 15 is 0 Å². The number of nitrogens with two attached hydrogens (primary N) is 1. The summed E-state index contributed by atoms with van der Waals surface area (Å²) in [5.41, 5.74) is 6.66. The first-order valence-electron chi connectivity index (χ1n) is 7.48. The molecule has 1 saturated carbocycles. The third-order valence-electron chi connectivity index (χ3n) is 4.73. The number of nitrogen functional groups attached to an aromatic ring is 1. The summed E-state index contributed by atoms with van der Waals surface area (Å²) in [6, 6.07) is 3.20. The van der Waals surface area contributed by atoms with Gasteiger partial charge in [0.1, 0.15) is 11.4 Å². The van der Waals surface area contributed by atoms with Gasteiger partial charge >= 0.3 is 0 Å². The van der Waals surface area contributed by atoms with E-state index in [1.54, 1.807) is 11.0 Å². The van der Waals surface area contributed by atoms with Crippen LogP contribution in [0.25, 0.3) is 0 Å². The Morgan fingerprint density at radius 2 is 2.00 bits per heavy atom. The van der Waals surface area contributed by atoms with Crippen LogP contribution in [-0.4, -0.2) is 34.6 Å². The summed E-state index contributed by atoms with van der Waals surface area (Å²) in [5.74, 6) is -0.263. The highest BCUT2D eigenvalue weighted by Crippen LogP contribution is 2.39. The number of halogens is 1. The lowest BCUT2D eigenvalue weighted by atomic mass is 9.86. The molecule has 4 nitrogen and oxygen atoms in total. The lowest BCUT2D eigenvalue weighted by Gasteiger charge is -2.34. The van der Waals surface area contributed by atoms with Crippen LogP contribution in [0.15, 0.2) is 12.1 Å². The van der Waals surface area contributed by atoms with Gasteiger partial charge in [-0.2, -0.15) is 0 Å². The maximum Gasteiger partial charge on any atom is 0.254 e. The minimum Gasteiger partial charge on any atom is -0.396 e. The van der Waals surface area contributed by atoms with Gasteiger partial charge in [0, 0.05) is 13.1 Å². The molecule has 1 aliphatic heterocycles. The third kappa shape index (κ3) is 2.62. The normalized spacial score (nSPS) is 21.4. The Morgan fingerprint density at radius 3 is 2.57 bits per heavy atom. The highest BCUT2D eigenvalue weighted by Gasteiger charge is 2.50. The Hall–Kier alpha value is -1.62. The summed E-state index contributed by atoms with van der Waals surface area (Å²) < 4.78 is 13.7. The Labute approximate surface area is 123 Å². The molecule has 1 amide bonds. The Kier molecular flexibility index (Phi) is 3.40. The number of aliphatic hydroxyl groups is 1. The number of amides is 1. The molecule has 114 valence electrons. The molecule has 0 aromatic heterocycles. The molecule has 21 heavy (non-hydrogen) atoms. The van der Waals surface area contributed by atoms with Crippen LogP contribution >= 0.6 is 0 Å². The number of hydrogen-bond donors (Lipinski definition) is 2. The van der Waals surface area contributed by atoms with Crippen LogP contribution in [0.4, 0.5) is 10.1 Å². The van der Waals surface area contributed by atoms with Gasteiger partial charge in [0.25, 0.3) is 5.91 Å². The van der Waals surface area contributed by atoms with Crippen molar-refractivity contribution in [2.45, 2.75) is 44.1 Å². The number of likely N-dealkylation sites (tertiary alicyclic amines) is 1. The van der Waals surface area contributed by atoms with Crippen LogP contribution in [0.5, 0.6) is 0 Å². The predicted octanol–water partition coefficient (Wildman–Crippen LogP) is 1.95. The minimum atomic E-state index is -1.09. The SMILES string of the molecule is Cc1cc(N)c(F)cc1C1CCN(C(=O)C2(O)CC2)CC1. The van der Waals surface area contributed by atoms with Crippen LogP contribution in [0.1, 0.15) is 42.7 Å². The van der Waals surface area contributed by atoms with Crippen molar-refractivity contribution < 1.29 is 14.3 Å². The molecule has 0 spiro atoms. The number of aryl methyl sites for hydroxylation is 1. The Morgan fingerprint density at radius 1 is 1.38 bits per heavy atom. The molecule has 5 heteroatoms. The number of rotatable bonds is 2. The lowest BCUT2D eigenvalue weighted by Crippen LogP contribution is -2.44. The summed E-state index contributed by atoms with van der Waals surface area (Å²) in [5, 5.41) is 9.89. The van der Waals surface area contributed by atoms with E-state index in [0.717, 1.165) is 24.0 Å². The van der Waals surface area contributed by atoms with Gasteiger partial charge < -0.3 is 15.7 Å². The van der Waals surface area contributed by atoms with Gasteiger partial charge in [-0.05, 0) is 61.8 Å². The summed E-state index contributed by atoms with van der Waals surface area (Å²) in [6.45, 7) is 3.18. The van der Waals surface area contributed by atoms with Crippen molar-refractivity contribution in [2.75, 3.05) is 18.8 Å². The first-order valence-corrected chi connectivity index (χ1v) is 7.48. The molecule has 1 saturated heterocycles. The van der Waals surface area contributed by atoms with Crippen molar-refractivity contribution in [2.24, 2.45) is 0 Å². The van der Waals surface area contributed by atoms with Crippen molar-refractivity contribution in [3.05, 3.63) is 29.1 Å². The zero-order valence-electron chi connectivity index (χ0n) is 12.2. The molecule has 1 aromatic rings. The van der Waals surface area contributed by atoms with Crippen molar-refractivity contribution in [1.82, 2.24) is 4.90 Å². The van der Waals surface area contributed by atoms with E-state index in [1.807, 2.05) is 6.92 Å². The first kappa shape index (κ1) is 14.3. The van der Waals surface area contributed by atoms with E-state index < -0.39 is 5.60 Å². The molecule has 0 radical (unpaired) electrons. The van der Waals surface area contributed by atoms with E-state index in [1.165, 1.54) is 6.07 Å². The maximum atomic E-state index is 13.7. The molecule has 0 bridgehead atoms. The fourth-order valence-electron chi connectivity index (χ4n) is 3.18. The second kappa shape index (κ2) is 4.98. The van der Waals surface area contributed by atoms with E-state index in [2.05, 4.69) is 0 Å². The predicted molar refractivity (Wildman–Crippen MR) is 78.3 cm³/mol. The smallest absolute Gasteiger partial charge is 0.254 e. The maximum absolute atomic E-state index is 13.7. The topological polar surface area (TPSA) is 66.6 Å². The number of nitrogens with zero attached hydrogens (tertiary/aromatic N) is 1. The van der Waals surface area contributed by atoms with Gasteiger partial charge in [-0.3, -0.25) is 4.79 Å². The van der Waals surface area contributed by atoms with Gasteiger partial charge in [-0.25, -0.2) is 4.39 Å². The molecule has 2 fully saturated rings. The van der Waals surface area contributed by atoms with Crippen molar-refractivity contribution >= 4 is 11.6 Å². The Bertz CT molecular complexity index is 576. The van der Waals surface area contributed by atoms with Crippen LogP contribution < -0.4 is 5.73 Å². The van der Waals surface area contributed by atoms with Crippen LogP contribution in [0.3, 0.4) is 0 Å². The van der Waals surface area contributed by atoms with Gasteiger partial charge in [-0.1, -0.05) is 0 Å².